The van der Waals surface area contributed by atoms with E-state index in [0.29, 0.717) is 24.4 Å². The van der Waals surface area contributed by atoms with Crippen molar-refractivity contribution in [3.8, 4) is 5.75 Å². The van der Waals surface area contributed by atoms with Crippen LogP contribution in [0.4, 0.5) is 5.69 Å². The van der Waals surface area contributed by atoms with Crippen LogP contribution in [0.5, 0.6) is 5.75 Å². The number of hydrogen-bond acceptors (Lipinski definition) is 7. The normalized spacial score (nSPS) is 13.7. The van der Waals surface area contributed by atoms with Gasteiger partial charge in [-0.05, 0) is 53.3 Å². The Bertz CT molecular complexity index is 1270. The van der Waals surface area contributed by atoms with Gasteiger partial charge >= 0.3 is 5.97 Å². The first-order valence-electron chi connectivity index (χ1n) is 10.1. The average Bonchev–Trinajstić information content (AvgIpc) is 3.34. The van der Waals surface area contributed by atoms with Crippen molar-refractivity contribution in [3.05, 3.63) is 76.0 Å². The molecule has 1 aliphatic heterocycles. The van der Waals surface area contributed by atoms with Gasteiger partial charge in [0.25, 0.3) is 5.91 Å². The fourth-order valence-electron chi connectivity index (χ4n) is 3.50. The van der Waals surface area contributed by atoms with Crippen molar-refractivity contribution in [3.63, 3.8) is 0 Å². The Morgan fingerprint density at radius 2 is 1.79 bits per heavy atom. The Kier molecular flexibility index (Phi) is 6.77. The molecule has 0 atom stereocenters. The second-order valence-electron chi connectivity index (χ2n) is 7.31. The number of carbonyl (C=O) groups excluding carboxylic acids is 2. The summed E-state index contributed by atoms with van der Waals surface area (Å²) in [6, 6.07) is 15.6. The summed E-state index contributed by atoms with van der Waals surface area (Å²) in [5.74, 6) is -0.580. The van der Waals surface area contributed by atoms with Crippen molar-refractivity contribution < 1.29 is 27.5 Å². The van der Waals surface area contributed by atoms with E-state index in [1.807, 2.05) is 24.3 Å². The molecule has 4 rings (SSSR count). The van der Waals surface area contributed by atoms with Crippen LogP contribution in [0.25, 0.3) is 0 Å². The molecule has 1 amide bonds. The van der Waals surface area contributed by atoms with Gasteiger partial charge in [-0.15, -0.1) is 11.3 Å². The molecule has 10 heteroatoms. The fraction of sp³-hybridized carbons (Fsp3) is 0.217. The van der Waals surface area contributed by atoms with Crippen molar-refractivity contribution >= 4 is 38.9 Å². The van der Waals surface area contributed by atoms with E-state index in [0.717, 1.165) is 22.5 Å². The summed E-state index contributed by atoms with van der Waals surface area (Å²) in [4.78, 5) is 24.2. The Balaban J connectivity index is 1.47. The third-order valence-electron chi connectivity index (χ3n) is 5.25. The monoisotopic (exact) mass is 486 g/mol. The molecule has 0 unspecified atom stereocenters. The lowest BCUT2D eigenvalue weighted by Crippen LogP contribution is -2.36. The van der Waals surface area contributed by atoms with Gasteiger partial charge in [0.15, 0.2) is 6.61 Å². The highest BCUT2D eigenvalue weighted by Gasteiger charge is 2.32. The number of nitrogens with zero attached hydrogens (tertiary/aromatic N) is 1. The molecule has 0 saturated carbocycles. The van der Waals surface area contributed by atoms with Gasteiger partial charge in [0, 0.05) is 18.8 Å². The Morgan fingerprint density at radius 1 is 1.06 bits per heavy atom. The van der Waals surface area contributed by atoms with Crippen molar-refractivity contribution in [1.82, 2.24) is 4.31 Å². The zero-order valence-electron chi connectivity index (χ0n) is 17.8. The molecule has 1 aliphatic rings. The van der Waals surface area contributed by atoms with Crippen LogP contribution in [0.3, 0.4) is 0 Å². The molecule has 172 valence electrons. The number of hydrogen-bond donors (Lipinski definition) is 1. The standard InChI is InChI=1S/C23H22N2O6S2/c1-30-21(26)15-31-19-8-6-18(7-9-19)24-23(27)22-20(11-13-32-22)33(28,29)25-12-10-16-4-2-3-5-17(16)14-25/h2-9,11,13H,10,12,14-15H2,1H3,(H,24,27). The van der Waals surface area contributed by atoms with Crippen LogP contribution in [0, 0.1) is 0 Å². The molecule has 33 heavy (non-hydrogen) atoms. The number of esters is 1. The fourth-order valence-corrected chi connectivity index (χ4v) is 6.22. The molecule has 0 radical (unpaired) electrons. The van der Waals surface area contributed by atoms with Crippen LogP contribution >= 0.6 is 11.3 Å². The predicted molar refractivity (Wildman–Crippen MR) is 124 cm³/mol. The first-order valence-corrected chi connectivity index (χ1v) is 12.5. The number of nitrogens with one attached hydrogen (secondary N) is 1. The zero-order valence-corrected chi connectivity index (χ0v) is 19.4. The van der Waals surface area contributed by atoms with Crippen LogP contribution in [0.1, 0.15) is 20.8 Å². The van der Waals surface area contributed by atoms with Crippen LogP contribution < -0.4 is 10.1 Å². The molecule has 0 fully saturated rings. The van der Waals surface area contributed by atoms with E-state index in [9.17, 15) is 18.0 Å². The third-order valence-corrected chi connectivity index (χ3v) is 8.18. The molecular weight excluding hydrogens is 464 g/mol. The maximum absolute atomic E-state index is 13.3. The predicted octanol–water partition coefficient (Wildman–Crippen LogP) is 3.30. The number of ether oxygens (including phenoxy) is 2. The maximum atomic E-state index is 13.3. The second kappa shape index (κ2) is 9.74. The minimum Gasteiger partial charge on any atom is -0.482 e. The van der Waals surface area contributed by atoms with E-state index in [-0.39, 0.29) is 22.9 Å². The van der Waals surface area contributed by atoms with E-state index in [2.05, 4.69) is 10.1 Å². The minimum atomic E-state index is -3.84. The molecular formula is C23H22N2O6S2. The maximum Gasteiger partial charge on any atom is 0.343 e. The average molecular weight is 487 g/mol. The van der Waals surface area contributed by atoms with E-state index in [4.69, 9.17) is 4.74 Å². The van der Waals surface area contributed by atoms with Gasteiger partial charge in [0.2, 0.25) is 10.0 Å². The van der Waals surface area contributed by atoms with Gasteiger partial charge in [0.05, 0.1) is 7.11 Å². The SMILES string of the molecule is COC(=O)COc1ccc(NC(=O)c2sccc2S(=O)(=O)N2CCc3ccccc3C2)cc1. The van der Waals surface area contributed by atoms with Gasteiger partial charge < -0.3 is 14.8 Å². The third kappa shape index (κ3) is 5.08. The zero-order chi connectivity index (χ0) is 23.4. The first kappa shape index (κ1) is 23.0. The molecule has 1 aromatic heterocycles. The molecule has 2 aromatic carbocycles. The highest BCUT2D eigenvalue weighted by molar-refractivity contribution is 7.89. The number of sulfonamides is 1. The number of benzene rings is 2. The van der Waals surface area contributed by atoms with Gasteiger partial charge in [-0.1, -0.05) is 24.3 Å². The first-order chi connectivity index (χ1) is 15.9. The van der Waals surface area contributed by atoms with Gasteiger partial charge in [-0.25, -0.2) is 13.2 Å². The molecule has 2 heterocycles. The Morgan fingerprint density at radius 3 is 2.52 bits per heavy atom. The highest BCUT2D eigenvalue weighted by atomic mass is 32.2. The van der Waals surface area contributed by atoms with Crippen molar-refractivity contribution in [2.24, 2.45) is 0 Å². The highest BCUT2D eigenvalue weighted by Crippen LogP contribution is 2.30. The van der Waals surface area contributed by atoms with Crippen molar-refractivity contribution in [1.29, 1.82) is 0 Å². The number of thiophene rings is 1. The summed E-state index contributed by atoms with van der Waals surface area (Å²) in [7, 11) is -2.56. The summed E-state index contributed by atoms with van der Waals surface area (Å²) in [6.07, 6.45) is 0.630. The Hall–Kier alpha value is -3.21. The summed E-state index contributed by atoms with van der Waals surface area (Å²) in [5, 5.41) is 4.32. The quantitative estimate of drug-likeness (QED) is 0.514. The Labute approximate surface area is 195 Å². The number of anilines is 1. The summed E-state index contributed by atoms with van der Waals surface area (Å²) in [5.41, 5.74) is 2.59. The van der Waals surface area contributed by atoms with Crippen LogP contribution in [-0.2, 0) is 32.5 Å². The van der Waals surface area contributed by atoms with Crippen LogP contribution in [-0.4, -0.2) is 44.9 Å². The number of rotatable bonds is 7. The molecule has 0 bridgehead atoms. The summed E-state index contributed by atoms with van der Waals surface area (Å²) < 4.78 is 37.9. The topological polar surface area (TPSA) is 102 Å². The number of fused-ring (bicyclic) bond motifs is 1. The summed E-state index contributed by atoms with van der Waals surface area (Å²) in [6.45, 7) is 0.422. The lowest BCUT2D eigenvalue weighted by Gasteiger charge is -2.28. The molecule has 1 N–H and O–H groups in total. The molecule has 0 aliphatic carbocycles. The van der Waals surface area contributed by atoms with E-state index in [1.54, 1.807) is 29.6 Å². The molecule has 0 saturated heterocycles. The van der Waals surface area contributed by atoms with Crippen molar-refractivity contribution in [2.75, 3.05) is 25.6 Å². The van der Waals surface area contributed by atoms with Crippen molar-refractivity contribution in [2.45, 2.75) is 17.9 Å². The van der Waals surface area contributed by atoms with E-state index >= 15 is 0 Å². The summed E-state index contributed by atoms with van der Waals surface area (Å²) >= 11 is 1.08. The molecule has 3 aromatic rings. The lowest BCUT2D eigenvalue weighted by atomic mass is 10.0. The van der Waals surface area contributed by atoms with E-state index < -0.39 is 21.9 Å². The minimum absolute atomic E-state index is 0.00223. The smallest absolute Gasteiger partial charge is 0.343 e. The molecule has 8 nitrogen and oxygen atoms in total. The van der Waals surface area contributed by atoms with E-state index in [1.165, 1.54) is 17.5 Å². The van der Waals surface area contributed by atoms with Gasteiger partial charge in [0.1, 0.15) is 15.5 Å². The number of carbonyl (C=O) groups is 2. The second-order valence-corrected chi connectivity index (χ2v) is 10.1. The van der Waals surface area contributed by atoms with Crippen LogP contribution in [0.15, 0.2) is 64.9 Å². The number of methoxy groups -OCH3 is 1. The van der Waals surface area contributed by atoms with Gasteiger partial charge in [-0.3, -0.25) is 4.79 Å². The van der Waals surface area contributed by atoms with Crippen LogP contribution in [0.2, 0.25) is 0 Å². The lowest BCUT2D eigenvalue weighted by molar-refractivity contribution is -0.142. The number of amides is 1. The van der Waals surface area contributed by atoms with Gasteiger partial charge in [-0.2, -0.15) is 4.31 Å². The largest absolute Gasteiger partial charge is 0.482 e. The molecule has 0 spiro atoms.